The Morgan fingerprint density at radius 2 is 2.04 bits per heavy atom. The van der Waals surface area contributed by atoms with Gasteiger partial charge in [0.1, 0.15) is 11.2 Å². The molecule has 0 spiro atoms. The van der Waals surface area contributed by atoms with E-state index in [1.165, 1.54) is 25.3 Å². The Bertz CT molecular complexity index is 796. The first-order valence-corrected chi connectivity index (χ1v) is 6.90. The quantitative estimate of drug-likeness (QED) is 0.756. The summed E-state index contributed by atoms with van der Waals surface area (Å²) in [6, 6.07) is 2.83. The summed E-state index contributed by atoms with van der Waals surface area (Å²) >= 11 is 0. The van der Waals surface area contributed by atoms with Gasteiger partial charge in [0.15, 0.2) is 0 Å². The van der Waals surface area contributed by atoms with Gasteiger partial charge >= 0.3 is 5.97 Å². The average Bonchev–Trinajstić information content (AvgIpc) is 2.92. The van der Waals surface area contributed by atoms with Crippen molar-refractivity contribution >= 4 is 28.9 Å². The second kappa shape index (κ2) is 5.71. The molecule has 0 aromatic carbocycles. The van der Waals surface area contributed by atoms with Crippen LogP contribution in [0.2, 0.25) is 0 Å². The van der Waals surface area contributed by atoms with Crippen LogP contribution in [0.1, 0.15) is 41.6 Å². The van der Waals surface area contributed by atoms with Gasteiger partial charge < -0.3 is 20.6 Å². The van der Waals surface area contributed by atoms with Gasteiger partial charge in [0.05, 0.1) is 11.8 Å². The summed E-state index contributed by atoms with van der Waals surface area (Å²) in [5.41, 5.74) is 3.53. The molecule has 2 aromatic heterocycles. The zero-order chi connectivity index (χ0) is 17.4. The van der Waals surface area contributed by atoms with Crippen molar-refractivity contribution in [1.29, 1.82) is 0 Å². The maximum Gasteiger partial charge on any atom is 0.338 e. The van der Waals surface area contributed by atoms with E-state index in [9.17, 15) is 19.5 Å². The molecular formula is C15H17N3O5. The van der Waals surface area contributed by atoms with Gasteiger partial charge in [-0.25, -0.2) is 9.78 Å². The van der Waals surface area contributed by atoms with E-state index in [4.69, 9.17) is 10.2 Å². The fraction of sp³-hybridized carbons (Fsp3) is 0.333. The molecule has 2 heterocycles. The first-order chi connectivity index (χ1) is 10.7. The highest BCUT2D eigenvalue weighted by molar-refractivity contribution is 6.07. The molecule has 0 aliphatic carbocycles. The molecule has 0 bridgehead atoms. The zero-order valence-corrected chi connectivity index (χ0v) is 12.9. The number of nitrogens with zero attached hydrogens (tertiary/aromatic N) is 1. The summed E-state index contributed by atoms with van der Waals surface area (Å²) in [5, 5.41) is 12.2. The molecule has 1 unspecified atom stereocenters. The fourth-order valence-electron chi connectivity index (χ4n) is 2.02. The number of nitrogens with one attached hydrogen (secondary N) is 1. The van der Waals surface area contributed by atoms with Crippen molar-refractivity contribution in [1.82, 2.24) is 10.3 Å². The predicted molar refractivity (Wildman–Crippen MR) is 80.9 cm³/mol. The third-order valence-electron chi connectivity index (χ3n) is 3.93. The molecule has 1 atom stereocenters. The first kappa shape index (κ1) is 16.5. The summed E-state index contributed by atoms with van der Waals surface area (Å²) in [5.74, 6) is -3.15. The van der Waals surface area contributed by atoms with Gasteiger partial charge in [-0.1, -0.05) is 13.8 Å². The molecule has 2 rings (SSSR count). The number of carboxylic acid groups (broad SMARTS) is 1. The molecule has 0 saturated heterocycles. The van der Waals surface area contributed by atoms with E-state index >= 15 is 0 Å². The van der Waals surface area contributed by atoms with Crippen LogP contribution in [0.25, 0.3) is 11.1 Å². The SMILES string of the molecule is CC(C)C(C)(NC(=O)c1nc2occc2cc1C(=O)O)C(N)=O. The number of amides is 2. The van der Waals surface area contributed by atoms with Crippen molar-refractivity contribution in [3.63, 3.8) is 0 Å². The molecule has 0 aliphatic rings. The highest BCUT2D eigenvalue weighted by Gasteiger charge is 2.37. The van der Waals surface area contributed by atoms with Gasteiger partial charge in [-0.15, -0.1) is 0 Å². The van der Waals surface area contributed by atoms with Crippen molar-refractivity contribution in [2.24, 2.45) is 11.7 Å². The summed E-state index contributed by atoms with van der Waals surface area (Å²) < 4.78 is 5.09. The van der Waals surface area contributed by atoms with Gasteiger partial charge in [0.2, 0.25) is 11.6 Å². The lowest BCUT2D eigenvalue weighted by Gasteiger charge is -2.31. The molecule has 0 radical (unpaired) electrons. The normalized spacial score (nSPS) is 13.7. The van der Waals surface area contributed by atoms with Gasteiger partial charge in [0, 0.05) is 5.39 Å². The minimum absolute atomic E-state index is 0.130. The number of carboxylic acids is 1. The van der Waals surface area contributed by atoms with Crippen molar-refractivity contribution in [3.05, 3.63) is 29.7 Å². The van der Waals surface area contributed by atoms with Crippen LogP contribution in [0.5, 0.6) is 0 Å². The number of carbonyl (C=O) groups is 3. The Hall–Kier alpha value is -2.90. The lowest BCUT2D eigenvalue weighted by Crippen LogP contribution is -2.58. The van der Waals surface area contributed by atoms with E-state index in [-0.39, 0.29) is 22.9 Å². The number of nitrogens with two attached hydrogens (primary N) is 1. The average molecular weight is 319 g/mol. The Morgan fingerprint density at radius 3 is 2.57 bits per heavy atom. The molecule has 2 amide bonds. The van der Waals surface area contributed by atoms with Crippen molar-refractivity contribution < 1.29 is 23.9 Å². The highest BCUT2D eigenvalue weighted by atomic mass is 16.4. The van der Waals surface area contributed by atoms with Crippen LogP contribution in [-0.2, 0) is 4.79 Å². The second-order valence-corrected chi connectivity index (χ2v) is 5.68. The number of hydrogen-bond acceptors (Lipinski definition) is 5. The number of fused-ring (bicyclic) bond motifs is 1. The molecule has 8 nitrogen and oxygen atoms in total. The van der Waals surface area contributed by atoms with Crippen LogP contribution in [0.15, 0.2) is 22.8 Å². The topological polar surface area (TPSA) is 136 Å². The molecule has 2 aromatic rings. The fourth-order valence-corrected chi connectivity index (χ4v) is 2.02. The number of primary amides is 1. The molecule has 0 fully saturated rings. The van der Waals surface area contributed by atoms with Crippen molar-refractivity contribution in [2.45, 2.75) is 26.3 Å². The maximum atomic E-state index is 12.5. The molecular weight excluding hydrogens is 302 g/mol. The third-order valence-corrected chi connectivity index (χ3v) is 3.93. The highest BCUT2D eigenvalue weighted by Crippen LogP contribution is 2.21. The first-order valence-electron chi connectivity index (χ1n) is 6.90. The Balaban J connectivity index is 2.50. The lowest BCUT2D eigenvalue weighted by atomic mass is 9.87. The number of carbonyl (C=O) groups excluding carboxylic acids is 2. The van der Waals surface area contributed by atoms with E-state index in [1.54, 1.807) is 13.8 Å². The largest absolute Gasteiger partial charge is 0.478 e. The van der Waals surface area contributed by atoms with E-state index in [2.05, 4.69) is 10.3 Å². The molecule has 0 aliphatic heterocycles. The number of aromatic nitrogens is 1. The monoisotopic (exact) mass is 319 g/mol. The molecule has 4 N–H and O–H groups in total. The van der Waals surface area contributed by atoms with Gasteiger partial charge in [-0.05, 0) is 25.0 Å². The molecule has 23 heavy (non-hydrogen) atoms. The lowest BCUT2D eigenvalue weighted by molar-refractivity contribution is -0.125. The number of rotatable bonds is 5. The number of pyridine rings is 1. The summed E-state index contributed by atoms with van der Waals surface area (Å²) in [6.07, 6.45) is 1.34. The summed E-state index contributed by atoms with van der Waals surface area (Å²) in [6.45, 7) is 4.91. The van der Waals surface area contributed by atoms with E-state index in [0.717, 1.165) is 0 Å². The Morgan fingerprint density at radius 1 is 1.39 bits per heavy atom. The minimum Gasteiger partial charge on any atom is -0.478 e. The number of hydrogen-bond donors (Lipinski definition) is 3. The van der Waals surface area contributed by atoms with Crippen molar-refractivity contribution in [3.8, 4) is 0 Å². The van der Waals surface area contributed by atoms with Crippen LogP contribution in [0.3, 0.4) is 0 Å². The van der Waals surface area contributed by atoms with Crippen LogP contribution in [0.4, 0.5) is 0 Å². The zero-order valence-electron chi connectivity index (χ0n) is 12.9. The van der Waals surface area contributed by atoms with Crippen LogP contribution in [-0.4, -0.2) is 33.4 Å². The smallest absolute Gasteiger partial charge is 0.338 e. The van der Waals surface area contributed by atoms with Crippen LogP contribution < -0.4 is 11.1 Å². The Labute approximate surface area is 131 Å². The third kappa shape index (κ3) is 2.87. The van der Waals surface area contributed by atoms with Gasteiger partial charge in [-0.3, -0.25) is 9.59 Å². The molecule has 122 valence electrons. The number of furan rings is 1. The second-order valence-electron chi connectivity index (χ2n) is 5.68. The number of aromatic carboxylic acids is 1. The van der Waals surface area contributed by atoms with Crippen molar-refractivity contribution in [2.75, 3.05) is 0 Å². The van der Waals surface area contributed by atoms with E-state index in [0.29, 0.717) is 5.39 Å². The standard InChI is InChI=1S/C15H17N3O5/c1-7(2)15(3,14(16)22)18-11(19)10-9(13(20)21)6-8-4-5-23-12(8)17-10/h4-7H,1-3H3,(H2,16,22)(H,18,19)(H,20,21). The van der Waals surface area contributed by atoms with Crippen LogP contribution >= 0.6 is 0 Å². The maximum absolute atomic E-state index is 12.5. The van der Waals surface area contributed by atoms with E-state index in [1.807, 2.05) is 0 Å². The Kier molecular flexibility index (Phi) is 4.09. The molecule has 0 saturated carbocycles. The summed E-state index contributed by atoms with van der Waals surface area (Å²) in [4.78, 5) is 39.5. The van der Waals surface area contributed by atoms with E-state index < -0.39 is 23.3 Å². The summed E-state index contributed by atoms with van der Waals surface area (Å²) in [7, 11) is 0. The predicted octanol–water partition coefficient (Wildman–Crippen LogP) is 1.16. The molecule has 8 heteroatoms. The van der Waals surface area contributed by atoms with Gasteiger partial charge in [-0.2, -0.15) is 0 Å². The van der Waals surface area contributed by atoms with Crippen LogP contribution in [0, 0.1) is 5.92 Å². The minimum atomic E-state index is -1.34. The van der Waals surface area contributed by atoms with Gasteiger partial charge in [0.25, 0.3) is 5.91 Å².